The molecule has 4 heterocycles. The first-order chi connectivity index (χ1) is 17.5. The van der Waals surface area contributed by atoms with Crippen LogP contribution >= 0.6 is 11.3 Å². The lowest BCUT2D eigenvalue weighted by Crippen LogP contribution is -2.67. The fraction of sp³-hybridized carbons (Fsp3) is 0.480. The average Bonchev–Trinajstić information content (AvgIpc) is 3.61. The van der Waals surface area contributed by atoms with E-state index in [0.717, 1.165) is 24.3 Å². The van der Waals surface area contributed by atoms with Gasteiger partial charge in [0.05, 0.1) is 17.7 Å². The average molecular weight is 528 g/mol. The van der Waals surface area contributed by atoms with Crippen molar-refractivity contribution in [1.82, 2.24) is 19.7 Å². The van der Waals surface area contributed by atoms with Gasteiger partial charge in [-0.3, -0.25) is 19.8 Å². The first-order valence-corrected chi connectivity index (χ1v) is 13.1. The molecule has 2 saturated heterocycles. The molecule has 2 aromatic rings. The number of hydrogen-bond donors (Lipinski definition) is 1. The molecule has 1 N–H and O–H groups in total. The highest BCUT2D eigenvalue weighted by Crippen LogP contribution is 2.34. The summed E-state index contributed by atoms with van der Waals surface area (Å²) < 4.78 is 14.9. The fourth-order valence-electron chi connectivity index (χ4n) is 5.15. The van der Waals surface area contributed by atoms with Crippen LogP contribution in [0.15, 0.2) is 28.6 Å². The van der Waals surface area contributed by atoms with Gasteiger partial charge in [0.2, 0.25) is 0 Å². The van der Waals surface area contributed by atoms with Gasteiger partial charge >= 0.3 is 6.03 Å². The van der Waals surface area contributed by atoms with Crippen molar-refractivity contribution >= 4 is 46.3 Å². The summed E-state index contributed by atoms with van der Waals surface area (Å²) in [6.45, 7) is 6.31. The Balaban J connectivity index is 1.31. The molecule has 3 atom stereocenters. The Morgan fingerprint density at radius 1 is 1.24 bits per heavy atom. The monoisotopic (exact) mass is 527 g/mol. The molecule has 10 nitrogen and oxygen atoms in total. The van der Waals surface area contributed by atoms with Gasteiger partial charge in [0.1, 0.15) is 11.4 Å². The lowest BCUT2D eigenvalue weighted by Gasteiger charge is -2.44. The molecule has 3 aliphatic heterocycles. The highest BCUT2D eigenvalue weighted by Gasteiger charge is 2.53. The summed E-state index contributed by atoms with van der Waals surface area (Å²) in [5.74, 6) is -1.10. The second-order valence-corrected chi connectivity index (χ2v) is 11.1. The van der Waals surface area contributed by atoms with E-state index in [0.29, 0.717) is 28.1 Å². The minimum absolute atomic E-state index is 0.292. The van der Waals surface area contributed by atoms with Crippen LogP contribution in [0.3, 0.4) is 0 Å². The molecule has 0 aliphatic carbocycles. The van der Waals surface area contributed by atoms with Gasteiger partial charge < -0.3 is 14.7 Å². The maximum Gasteiger partial charge on any atom is 0.328 e. The van der Waals surface area contributed by atoms with Crippen molar-refractivity contribution in [3.8, 4) is 11.3 Å². The van der Waals surface area contributed by atoms with Crippen molar-refractivity contribution in [1.29, 1.82) is 0 Å². The number of halogens is 1. The molecule has 196 valence electrons. The second kappa shape index (κ2) is 9.09. The molecule has 1 aromatic heterocycles. The smallest absolute Gasteiger partial charge is 0.328 e. The van der Waals surface area contributed by atoms with Crippen LogP contribution in [0.2, 0.25) is 0 Å². The first kappa shape index (κ1) is 25.1. The number of nitrogens with one attached hydrogen (secondary N) is 1. The molecule has 0 radical (unpaired) electrons. The van der Waals surface area contributed by atoms with Gasteiger partial charge in [0, 0.05) is 37.6 Å². The maximum absolute atomic E-state index is 14.9. The van der Waals surface area contributed by atoms with Gasteiger partial charge in [-0.15, -0.1) is 11.3 Å². The van der Waals surface area contributed by atoms with E-state index >= 15 is 0 Å². The van der Waals surface area contributed by atoms with Crippen molar-refractivity contribution in [2.24, 2.45) is 4.99 Å². The van der Waals surface area contributed by atoms with E-state index in [9.17, 15) is 18.8 Å². The van der Waals surface area contributed by atoms with Crippen LogP contribution in [0.5, 0.6) is 0 Å². The van der Waals surface area contributed by atoms with E-state index in [2.05, 4.69) is 27.1 Å². The largest absolute Gasteiger partial charge is 0.366 e. The van der Waals surface area contributed by atoms with Crippen LogP contribution in [0.25, 0.3) is 11.3 Å². The SMILES string of the molecule is CC1CCCN1c1ccc(-c2csc(NC(=O)C(C)(C)N3C=NC4C3C(=O)N(C)C(=O)N4C)n2)cc1F. The summed E-state index contributed by atoms with van der Waals surface area (Å²) in [6, 6.07) is 4.18. The number of urea groups is 1. The van der Waals surface area contributed by atoms with Crippen LogP contribution in [0, 0.1) is 5.82 Å². The number of rotatable bonds is 5. The van der Waals surface area contributed by atoms with Crippen molar-refractivity contribution in [3.63, 3.8) is 0 Å². The minimum atomic E-state index is -1.17. The number of thiazole rings is 1. The van der Waals surface area contributed by atoms with Gasteiger partial charge in [-0.25, -0.2) is 19.2 Å². The molecule has 12 heteroatoms. The first-order valence-electron chi connectivity index (χ1n) is 12.2. The Morgan fingerprint density at radius 3 is 2.68 bits per heavy atom. The maximum atomic E-state index is 14.9. The van der Waals surface area contributed by atoms with Gasteiger partial charge in [0.25, 0.3) is 11.8 Å². The number of imide groups is 1. The quantitative estimate of drug-likeness (QED) is 0.641. The normalized spacial score (nSPS) is 23.8. The Morgan fingerprint density at radius 2 is 2.00 bits per heavy atom. The second-order valence-electron chi connectivity index (χ2n) is 10.2. The van der Waals surface area contributed by atoms with E-state index in [4.69, 9.17) is 0 Å². The van der Waals surface area contributed by atoms with E-state index in [-0.39, 0.29) is 11.7 Å². The highest BCUT2D eigenvalue weighted by atomic mass is 32.1. The summed E-state index contributed by atoms with van der Waals surface area (Å²) in [4.78, 5) is 53.4. The van der Waals surface area contributed by atoms with Crippen molar-refractivity contribution in [2.75, 3.05) is 30.9 Å². The number of aliphatic imine (C=N–C) groups is 1. The molecule has 2 fully saturated rings. The molecule has 37 heavy (non-hydrogen) atoms. The summed E-state index contributed by atoms with van der Waals surface area (Å²) in [6.07, 6.45) is 2.86. The topological polar surface area (TPSA) is 101 Å². The van der Waals surface area contributed by atoms with E-state index in [1.54, 1.807) is 37.2 Å². The third-order valence-electron chi connectivity index (χ3n) is 7.53. The van der Waals surface area contributed by atoms with Crippen molar-refractivity contribution in [2.45, 2.75) is 57.4 Å². The number of carbonyl (C=O) groups excluding carboxylic acids is 3. The van der Waals surface area contributed by atoms with Crippen LogP contribution in [-0.2, 0) is 9.59 Å². The standard InChI is InChI=1S/C25H30FN7O3S/c1-14-7-6-10-32(14)18-9-8-15(11-16(18)26)17-12-37-23(28-17)29-22(35)25(2,3)33-13-27-20-19(33)21(34)31(5)24(36)30(20)4/h8-9,11-14,19-20H,6-7,10H2,1-5H3,(H,28,29,35). The number of benzene rings is 1. The Bertz CT molecular complexity index is 1290. The summed E-state index contributed by atoms with van der Waals surface area (Å²) >= 11 is 1.24. The molecule has 5 rings (SSSR count). The summed E-state index contributed by atoms with van der Waals surface area (Å²) in [5, 5.41) is 4.95. The zero-order valence-electron chi connectivity index (χ0n) is 21.4. The molecule has 1 aromatic carbocycles. The molecular weight excluding hydrogens is 497 g/mol. The molecule has 0 spiro atoms. The number of aromatic nitrogens is 1. The Hall–Kier alpha value is -3.54. The number of fused-ring (bicyclic) bond motifs is 1. The molecule has 3 unspecified atom stereocenters. The number of amides is 4. The predicted molar refractivity (Wildman–Crippen MR) is 140 cm³/mol. The van der Waals surface area contributed by atoms with Crippen LogP contribution < -0.4 is 10.2 Å². The molecule has 0 bridgehead atoms. The zero-order chi connectivity index (χ0) is 26.6. The molecule has 4 amide bonds. The number of nitrogens with zero attached hydrogens (tertiary/aromatic N) is 6. The number of carbonyl (C=O) groups is 3. The van der Waals surface area contributed by atoms with Gasteiger partial charge in [-0.1, -0.05) is 6.07 Å². The van der Waals surface area contributed by atoms with Crippen molar-refractivity contribution in [3.05, 3.63) is 29.4 Å². The Labute approximate surface area is 218 Å². The van der Waals surface area contributed by atoms with Gasteiger partial charge in [-0.05, 0) is 45.7 Å². The number of likely N-dealkylation sites (N-methyl/N-ethyl adjacent to an activating group) is 2. The Kier molecular flexibility index (Phi) is 6.17. The molecular formula is C25H30FN7O3S. The fourth-order valence-corrected chi connectivity index (χ4v) is 5.87. The summed E-state index contributed by atoms with van der Waals surface area (Å²) in [5.41, 5.74) is 0.611. The van der Waals surface area contributed by atoms with Crippen LogP contribution in [0.1, 0.15) is 33.6 Å². The lowest BCUT2D eigenvalue weighted by atomic mass is 9.98. The van der Waals surface area contributed by atoms with E-state index < -0.39 is 29.7 Å². The van der Waals surface area contributed by atoms with E-state index in [1.165, 1.54) is 35.7 Å². The predicted octanol–water partition coefficient (Wildman–Crippen LogP) is 3.22. The lowest BCUT2D eigenvalue weighted by molar-refractivity contribution is -0.139. The molecule has 0 saturated carbocycles. The number of anilines is 2. The van der Waals surface area contributed by atoms with Crippen LogP contribution in [-0.4, -0.2) is 88.3 Å². The third kappa shape index (κ3) is 4.12. The van der Waals surface area contributed by atoms with E-state index in [1.807, 2.05) is 6.07 Å². The van der Waals surface area contributed by atoms with Crippen LogP contribution in [0.4, 0.5) is 20.0 Å². The number of hydrogen-bond acceptors (Lipinski definition) is 8. The van der Waals surface area contributed by atoms with Gasteiger partial charge in [-0.2, -0.15) is 0 Å². The highest BCUT2D eigenvalue weighted by molar-refractivity contribution is 7.14. The summed E-state index contributed by atoms with van der Waals surface area (Å²) in [7, 11) is 2.99. The van der Waals surface area contributed by atoms with Gasteiger partial charge in [0.15, 0.2) is 17.3 Å². The molecule has 3 aliphatic rings. The third-order valence-corrected chi connectivity index (χ3v) is 8.28. The minimum Gasteiger partial charge on any atom is -0.366 e. The zero-order valence-corrected chi connectivity index (χ0v) is 22.3. The van der Waals surface area contributed by atoms with Crippen molar-refractivity contribution < 1.29 is 18.8 Å².